The van der Waals surface area contributed by atoms with Crippen molar-refractivity contribution >= 4 is 56.5 Å². The molecule has 3 aromatic carbocycles. The lowest BCUT2D eigenvalue weighted by Gasteiger charge is -2.20. The molecule has 178 valence electrons. The van der Waals surface area contributed by atoms with Gasteiger partial charge in [0.2, 0.25) is 0 Å². The number of anilines is 2. The molecule has 3 rings (SSSR count). The Morgan fingerprint density at radius 3 is 2.32 bits per heavy atom. The average molecular weight is 521 g/mol. The molecular formula is C24H22Cl2N2O5S. The molecule has 1 amide bonds. The van der Waals surface area contributed by atoms with Crippen LogP contribution in [0.5, 0.6) is 0 Å². The Bertz CT molecular complexity index is 1330. The zero-order valence-electron chi connectivity index (χ0n) is 18.6. The molecule has 0 aromatic heterocycles. The first kappa shape index (κ1) is 25.6. The van der Waals surface area contributed by atoms with E-state index in [1.165, 1.54) is 50.4 Å². The van der Waals surface area contributed by atoms with E-state index in [9.17, 15) is 18.0 Å². The molecule has 0 saturated heterocycles. The Hall–Kier alpha value is -3.07. The topological polar surface area (TPSA) is 92.8 Å². The molecule has 0 saturated carbocycles. The van der Waals surface area contributed by atoms with Crippen molar-refractivity contribution in [2.75, 3.05) is 16.7 Å². The van der Waals surface area contributed by atoms with Gasteiger partial charge in [0.15, 0.2) is 6.10 Å². The highest BCUT2D eigenvalue weighted by molar-refractivity contribution is 7.92. The number of rotatable bonds is 7. The Balaban J connectivity index is 1.73. The van der Waals surface area contributed by atoms with E-state index in [1.807, 2.05) is 6.92 Å². The van der Waals surface area contributed by atoms with Crippen LogP contribution in [-0.4, -0.2) is 33.4 Å². The van der Waals surface area contributed by atoms with Crippen molar-refractivity contribution in [3.8, 4) is 0 Å². The van der Waals surface area contributed by atoms with E-state index in [4.69, 9.17) is 27.9 Å². The minimum absolute atomic E-state index is 0.0115. The van der Waals surface area contributed by atoms with Crippen molar-refractivity contribution in [1.29, 1.82) is 0 Å². The molecule has 0 aliphatic carbocycles. The second kappa shape index (κ2) is 10.5. The van der Waals surface area contributed by atoms with Gasteiger partial charge in [-0.05, 0) is 62.4 Å². The van der Waals surface area contributed by atoms with Crippen LogP contribution < -0.4 is 9.62 Å². The zero-order valence-corrected chi connectivity index (χ0v) is 20.9. The number of sulfonamides is 1. The number of halogens is 2. The van der Waals surface area contributed by atoms with Gasteiger partial charge in [-0.25, -0.2) is 13.2 Å². The molecule has 1 N–H and O–H groups in total. The molecular weight excluding hydrogens is 499 g/mol. The molecule has 0 fully saturated rings. The van der Waals surface area contributed by atoms with Crippen LogP contribution >= 0.6 is 23.2 Å². The van der Waals surface area contributed by atoms with Crippen molar-refractivity contribution in [1.82, 2.24) is 0 Å². The highest BCUT2D eigenvalue weighted by atomic mass is 35.5. The van der Waals surface area contributed by atoms with E-state index in [1.54, 1.807) is 30.3 Å². The Morgan fingerprint density at radius 1 is 1.00 bits per heavy atom. The fourth-order valence-electron chi connectivity index (χ4n) is 2.94. The Morgan fingerprint density at radius 2 is 1.68 bits per heavy atom. The fraction of sp³-hybridized carbons (Fsp3) is 0.167. The van der Waals surface area contributed by atoms with Gasteiger partial charge < -0.3 is 10.1 Å². The summed E-state index contributed by atoms with van der Waals surface area (Å²) in [6, 6.07) is 17.0. The number of esters is 1. The van der Waals surface area contributed by atoms with Crippen LogP contribution in [0.4, 0.5) is 11.4 Å². The minimum Gasteiger partial charge on any atom is -0.449 e. The van der Waals surface area contributed by atoms with E-state index in [0.717, 1.165) is 9.87 Å². The van der Waals surface area contributed by atoms with E-state index >= 15 is 0 Å². The Labute approximate surface area is 208 Å². The van der Waals surface area contributed by atoms with Crippen LogP contribution in [0.2, 0.25) is 10.0 Å². The molecule has 7 nitrogen and oxygen atoms in total. The standard InChI is InChI=1S/C24H22Cl2N2O5S/c1-15-7-10-19(11-8-15)28(3)34(31,32)20-6-4-5-17(13-20)24(30)33-16(2)23(29)27-22-12-9-18(25)14-21(22)26/h4-14,16H,1-3H3,(H,27,29)/t16-/m0/s1. The molecule has 34 heavy (non-hydrogen) atoms. The number of nitrogens with one attached hydrogen (secondary N) is 1. The molecule has 3 aromatic rings. The molecule has 0 heterocycles. The third-order valence-electron chi connectivity index (χ3n) is 4.97. The molecule has 10 heteroatoms. The zero-order chi connectivity index (χ0) is 25.0. The van der Waals surface area contributed by atoms with Crippen LogP contribution in [-0.2, 0) is 19.6 Å². The normalized spacial score (nSPS) is 12.0. The number of hydrogen-bond acceptors (Lipinski definition) is 5. The third-order valence-corrected chi connectivity index (χ3v) is 7.30. The SMILES string of the molecule is Cc1ccc(N(C)S(=O)(=O)c2cccc(C(=O)O[C@@H](C)C(=O)Nc3ccc(Cl)cc3Cl)c2)cc1. The Kier molecular flexibility index (Phi) is 7.86. The van der Waals surface area contributed by atoms with E-state index in [0.29, 0.717) is 16.4 Å². The monoisotopic (exact) mass is 520 g/mol. The van der Waals surface area contributed by atoms with Crippen molar-refractivity contribution in [3.63, 3.8) is 0 Å². The van der Waals surface area contributed by atoms with Crippen LogP contribution in [0.1, 0.15) is 22.8 Å². The minimum atomic E-state index is -3.93. The predicted molar refractivity (Wildman–Crippen MR) is 133 cm³/mol. The average Bonchev–Trinajstić information content (AvgIpc) is 2.80. The van der Waals surface area contributed by atoms with Crippen LogP contribution in [0.25, 0.3) is 0 Å². The summed E-state index contributed by atoms with van der Waals surface area (Å²) >= 11 is 11.9. The first-order chi connectivity index (χ1) is 16.0. The molecule has 0 aliphatic heterocycles. The third kappa shape index (κ3) is 5.88. The lowest BCUT2D eigenvalue weighted by atomic mass is 10.2. The summed E-state index contributed by atoms with van der Waals surface area (Å²) in [5, 5.41) is 3.20. The maximum absolute atomic E-state index is 13.1. The highest BCUT2D eigenvalue weighted by Crippen LogP contribution is 2.26. The number of benzene rings is 3. The van der Waals surface area contributed by atoms with Crippen molar-refractivity contribution in [2.45, 2.75) is 24.8 Å². The summed E-state index contributed by atoms with van der Waals surface area (Å²) in [5.74, 6) is -1.46. The van der Waals surface area contributed by atoms with Gasteiger partial charge in [-0.2, -0.15) is 0 Å². The number of nitrogens with zero attached hydrogens (tertiary/aromatic N) is 1. The van der Waals surface area contributed by atoms with Gasteiger partial charge in [0, 0.05) is 12.1 Å². The van der Waals surface area contributed by atoms with Crippen molar-refractivity contribution < 1.29 is 22.7 Å². The number of carbonyl (C=O) groups excluding carboxylic acids is 2. The van der Waals surface area contributed by atoms with Crippen molar-refractivity contribution in [2.24, 2.45) is 0 Å². The quantitative estimate of drug-likeness (QED) is 0.426. The number of ether oxygens (including phenoxy) is 1. The number of aryl methyl sites for hydroxylation is 1. The molecule has 0 spiro atoms. The molecule has 1 atom stereocenters. The second-order valence-corrected chi connectivity index (χ2v) is 10.3. The summed E-state index contributed by atoms with van der Waals surface area (Å²) in [5.41, 5.74) is 1.77. The number of hydrogen-bond donors (Lipinski definition) is 1. The molecule has 0 radical (unpaired) electrons. The number of carbonyl (C=O) groups is 2. The maximum atomic E-state index is 13.1. The lowest BCUT2D eigenvalue weighted by molar-refractivity contribution is -0.123. The lowest BCUT2D eigenvalue weighted by Crippen LogP contribution is -2.30. The fourth-order valence-corrected chi connectivity index (χ4v) is 4.64. The summed E-state index contributed by atoms with van der Waals surface area (Å²) in [4.78, 5) is 25.0. The van der Waals surface area contributed by atoms with E-state index in [-0.39, 0.29) is 15.5 Å². The van der Waals surface area contributed by atoms with Gasteiger partial charge in [-0.15, -0.1) is 0 Å². The molecule has 0 aliphatic rings. The summed E-state index contributed by atoms with van der Waals surface area (Å²) in [7, 11) is -2.50. The van der Waals surface area contributed by atoms with Gasteiger partial charge in [-0.3, -0.25) is 9.10 Å². The smallest absolute Gasteiger partial charge is 0.338 e. The van der Waals surface area contributed by atoms with Gasteiger partial charge in [0.05, 0.1) is 26.9 Å². The molecule has 0 unspecified atom stereocenters. The van der Waals surface area contributed by atoms with Crippen molar-refractivity contribution in [3.05, 3.63) is 87.9 Å². The first-order valence-electron chi connectivity index (χ1n) is 10.1. The highest BCUT2D eigenvalue weighted by Gasteiger charge is 2.24. The van der Waals surface area contributed by atoms with Crippen LogP contribution in [0.3, 0.4) is 0 Å². The van der Waals surface area contributed by atoms with E-state index in [2.05, 4.69) is 5.32 Å². The largest absolute Gasteiger partial charge is 0.449 e. The van der Waals surface area contributed by atoms with Gasteiger partial charge in [0.1, 0.15) is 0 Å². The van der Waals surface area contributed by atoms with Gasteiger partial charge in [-0.1, -0.05) is 47.0 Å². The summed E-state index contributed by atoms with van der Waals surface area (Å²) in [6.07, 6.45) is -1.17. The van der Waals surface area contributed by atoms with Gasteiger partial charge in [0.25, 0.3) is 15.9 Å². The summed E-state index contributed by atoms with van der Waals surface area (Å²) in [6.45, 7) is 3.29. The summed E-state index contributed by atoms with van der Waals surface area (Å²) < 4.78 is 32.5. The van der Waals surface area contributed by atoms with E-state index < -0.39 is 28.0 Å². The number of amides is 1. The van der Waals surface area contributed by atoms with Crippen LogP contribution in [0.15, 0.2) is 71.6 Å². The molecule has 0 bridgehead atoms. The van der Waals surface area contributed by atoms with Gasteiger partial charge >= 0.3 is 5.97 Å². The van der Waals surface area contributed by atoms with Crippen LogP contribution in [0, 0.1) is 6.92 Å². The second-order valence-electron chi connectivity index (χ2n) is 7.50. The predicted octanol–water partition coefficient (Wildman–Crippen LogP) is 5.31. The first-order valence-corrected chi connectivity index (χ1v) is 12.3. The maximum Gasteiger partial charge on any atom is 0.338 e.